The molecule has 4 N–H and O–H groups in total. The Hall–Kier alpha value is -2.53. The highest BCUT2D eigenvalue weighted by atomic mass is 79.9. The van der Waals surface area contributed by atoms with E-state index in [2.05, 4.69) is 31.2 Å². The second-order valence-electron chi connectivity index (χ2n) is 4.91. The minimum absolute atomic E-state index is 0.00236. The molecule has 0 saturated heterocycles. The molecule has 11 heteroatoms. The number of carbonyl (C=O) groups is 2. The molecule has 2 amide bonds. The van der Waals surface area contributed by atoms with Gasteiger partial charge in [-0.15, -0.1) is 0 Å². The van der Waals surface area contributed by atoms with E-state index in [4.69, 9.17) is 5.73 Å². The van der Waals surface area contributed by atoms with Gasteiger partial charge < -0.3 is 11.1 Å². The number of anilines is 1. The summed E-state index contributed by atoms with van der Waals surface area (Å²) in [5.74, 6) is -1.19. The lowest BCUT2D eigenvalue weighted by atomic mass is 10.2. The molecule has 132 valence electrons. The number of hydrogen-bond acceptors (Lipinski definition) is 7. The van der Waals surface area contributed by atoms with Crippen LogP contribution in [0.25, 0.3) is 0 Å². The standard InChI is InChI=1S/C14H14BrN5O4S/c1-8(21)20-25(23,24)10-4-2-9(3-5-10)6-18-14(22)12-13(16)17-7-11(15)19-12/h2-5,7H,6H2,1H3,(H2,16,17)(H,18,22)(H,20,21). The molecule has 0 fully saturated rings. The Morgan fingerprint density at radius 1 is 1.24 bits per heavy atom. The first kappa shape index (κ1) is 18.8. The predicted molar refractivity (Wildman–Crippen MR) is 92.8 cm³/mol. The number of nitrogens with one attached hydrogen (secondary N) is 2. The van der Waals surface area contributed by atoms with Crippen molar-refractivity contribution in [1.29, 1.82) is 0 Å². The number of nitrogens with zero attached hydrogens (tertiary/aromatic N) is 2. The van der Waals surface area contributed by atoms with Crippen molar-refractivity contribution in [2.45, 2.75) is 18.4 Å². The maximum atomic E-state index is 12.1. The number of hydrogen-bond donors (Lipinski definition) is 3. The summed E-state index contributed by atoms with van der Waals surface area (Å²) in [7, 11) is -3.89. The van der Waals surface area contributed by atoms with Gasteiger partial charge in [-0.2, -0.15) is 0 Å². The molecule has 0 atom stereocenters. The molecule has 0 aliphatic heterocycles. The van der Waals surface area contributed by atoms with E-state index in [0.29, 0.717) is 10.2 Å². The molecule has 0 aliphatic carbocycles. The summed E-state index contributed by atoms with van der Waals surface area (Å²) in [6, 6.07) is 5.70. The van der Waals surface area contributed by atoms with Gasteiger partial charge in [0.25, 0.3) is 15.9 Å². The van der Waals surface area contributed by atoms with Gasteiger partial charge >= 0.3 is 0 Å². The second kappa shape index (κ2) is 7.57. The maximum absolute atomic E-state index is 12.1. The first-order chi connectivity index (χ1) is 11.7. The van der Waals surface area contributed by atoms with E-state index in [9.17, 15) is 18.0 Å². The lowest BCUT2D eigenvalue weighted by molar-refractivity contribution is -0.117. The number of halogens is 1. The number of sulfonamides is 1. The van der Waals surface area contributed by atoms with Crippen LogP contribution in [0.3, 0.4) is 0 Å². The molecule has 2 rings (SSSR count). The van der Waals surface area contributed by atoms with Crippen LogP contribution in [0.4, 0.5) is 5.82 Å². The van der Waals surface area contributed by atoms with Gasteiger partial charge in [-0.05, 0) is 33.6 Å². The number of rotatable bonds is 5. The van der Waals surface area contributed by atoms with Crippen LogP contribution in [0, 0.1) is 0 Å². The fourth-order valence-corrected chi connectivity index (χ4v) is 3.12. The van der Waals surface area contributed by atoms with Gasteiger partial charge in [-0.25, -0.2) is 23.1 Å². The highest BCUT2D eigenvalue weighted by Crippen LogP contribution is 2.12. The van der Waals surface area contributed by atoms with Crippen molar-refractivity contribution in [1.82, 2.24) is 20.0 Å². The second-order valence-corrected chi connectivity index (χ2v) is 7.41. The van der Waals surface area contributed by atoms with Crippen LogP contribution in [0.5, 0.6) is 0 Å². The van der Waals surface area contributed by atoms with E-state index in [-0.39, 0.29) is 23.0 Å². The van der Waals surface area contributed by atoms with E-state index in [1.807, 2.05) is 4.72 Å². The van der Waals surface area contributed by atoms with Gasteiger partial charge in [-0.3, -0.25) is 9.59 Å². The van der Waals surface area contributed by atoms with E-state index in [1.165, 1.54) is 30.5 Å². The van der Waals surface area contributed by atoms with Crippen LogP contribution in [-0.2, 0) is 21.4 Å². The molecular formula is C14H14BrN5O4S. The van der Waals surface area contributed by atoms with E-state index in [0.717, 1.165) is 6.92 Å². The Labute approximate surface area is 152 Å². The highest BCUT2D eigenvalue weighted by molar-refractivity contribution is 9.10. The zero-order chi connectivity index (χ0) is 18.6. The molecule has 0 bridgehead atoms. The van der Waals surface area contributed by atoms with Crippen LogP contribution in [0.15, 0.2) is 40.0 Å². The van der Waals surface area contributed by atoms with Crippen molar-refractivity contribution >= 4 is 43.6 Å². The van der Waals surface area contributed by atoms with Crippen molar-refractivity contribution in [3.63, 3.8) is 0 Å². The molecule has 1 aromatic carbocycles. The van der Waals surface area contributed by atoms with Crippen molar-refractivity contribution in [3.8, 4) is 0 Å². The molecule has 0 aliphatic rings. The molecule has 9 nitrogen and oxygen atoms in total. The van der Waals surface area contributed by atoms with Gasteiger partial charge in [0.15, 0.2) is 11.5 Å². The summed E-state index contributed by atoms with van der Waals surface area (Å²) in [4.78, 5) is 30.7. The zero-order valence-corrected chi connectivity index (χ0v) is 15.4. The third-order valence-electron chi connectivity index (χ3n) is 2.95. The van der Waals surface area contributed by atoms with Crippen molar-refractivity contribution in [3.05, 3.63) is 46.3 Å². The molecule has 25 heavy (non-hydrogen) atoms. The Balaban J connectivity index is 2.06. The molecule has 0 spiro atoms. The quantitative estimate of drug-likeness (QED) is 0.632. The van der Waals surface area contributed by atoms with Crippen LogP contribution in [-0.4, -0.2) is 30.2 Å². The maximum Gasteiger partial charge on any atom is 0.274 e. The predicted octanol–water partition coefficient (Wildman–Crippen LogP) is 0.576. The fraction of sp³-hybridized carbons (Fsp3) is 0.143. The van der Waals surface area contributed by atoms with Crippen LogP contribution in [0.2, 0.25) is 0 Å². The Kier molecular flexibility index (Phi) is 5.69. The zero-order valence-electron chi connectivity index (χ0n) is 13.0. The molecule has 0 unspecified atom stereocenters. The number of nitrogen functional groups attached to an aromatic ring is 1. The van der Waals surface area contributed by atoms with Crippen LogP contribution < -0.4 is 15.8 Å². The summed E-state index contributed by atoms with van der Waals surface area (Å²) >= 11 is 3.11. The fourth-order valence-electron chi connectivity index (χ4n) is 1.84. The normalized spacial score (nSPS) is 11.0. The number of aromatic nitrogens is 2. The number of carbonyl (C=O) groups excluding carboxylic acids is 2. The number of benzene rings is 1. The third-order valence-corrected chi connectivity index (χ3v) is 4.78. The van der Waals surface area contributed by atoms with E-state index < -0.39 is 21.8 Å². The van der Waals surface area contributed by atoms with Crippen molar-refractivity contribution in [2.24, 2.45) is 0 Å². The van der Waals surface area contributed by atoms with E-state index >= 15 is 0 Å². The first-order valence-corrected chi connectivity index (χ1v) is 9.15. The third kappa shape index (κ3) is 4.97. The summed E-state index contributed by atoms with van der Waals surface area (Å²) in [6.45, 7) is 1.24. The first-order valence-electron chi connectivity index (χ1n) is 6.87. The average Bonchev–Trinajstić information content (AvgIpc) is 2.54. The molecule has 0 saturated carbocycles. The Morgan fingerprint density at radius 3 is 2.48 bits per heavy atom. The Morgan fingerprint density at radius 2 is 1.88 bits per heavy atom. The van der Waals surface area contributed by atoms with Crippen molar-refractivity contribution in [2.75, 3.05) is 5.73 Å². The average molecular weight is 428 g/mol. The number of nitrogens with two attached hydrogens (primary N) is 1. The molecule has 1 aromatic heterocycles. The summed E-state index contributed by atoms with van der Waals surface area (Å²) in [5.41, 5.74) is 6.25. The largest absolute Gasteiger partial charge is 0.382 e. The molecular weight excluding hydrogens is 414 g/mol. The minimum Gasteiger partial charge on any atom is -0.382 e. The van der Waals surface area contributed by atoms with Crippen LogP contribution >= 0.6 is 15.9 Å². The smallest absolute Gasteiger partial charge is 0.274 e. The molecule has 0 radical (unpaired) electrons. The van der Waals surface area contributed by atoms with Crippen molar-refractivity contribution < 1.29 is 18.0 Å². The molecule has 1 heterocycles. The molecule has 2 aromatic rings. The lowest BCUT2D eigenvalue weighted by Crippen LogP contribution is -2.28. The monoisotopic (exact) mass is 427 g/mol. The van der Waals surface area contributed by atoms with Gasteiger partial charge in [0.05, 0.1) is 11.1 Å². The van der Waals surface area contributed by atoms with Gasteiger partial charge in [0, 0.05) is 13.5 Å². The van der Waals surface area contributed by atoms with Gasteiger partial charge in [-0.1, -0.05) is 12.1 Å². The topological polar surface area (TPSA) is 144 Å². The summed E-state index contributed by atoms with van der Waals surface area (Å²) in [6.07, 6.45) is 1.38. The van der Waals surface area contributed by atoms with Crippen LogP contribution in [0.1, 0.15) is 23.0 Å². The summed E-state index contributed by atoms with van der Waals surface area (Å²) in [5, 5.41) is 2.61. The Bertz CT molecular complexity index is 915. The summed E-state index contributed by atoms with van der Waals surface area (Å²) < 4.78 is 25.9. The van der Waals surface area contributed by atoms with Gasteiger partial charge in [0.1, 0.15) is 4.60 Å². The van der Waals surface area contributed by atoms with E-state index in [1.54, 1.807) is 0 Å². The highest BCUT2D eigenvalue weighted by Gasteiger charge is 2.16. The number of amides is 2. The SMILES string of the molecule is CC(=O)NS(=O)(=O)c1ccc(CNC(=O)c2nc(Br)cnc2N)cc1. The minimum atomic E-state index is -3.89. The van der Waals surface area contributed by atoms with Gasteiger partial charge in [0.2, 0.25) is 5.91 Å². The lowest BCUT2D eigenvalue weighted by Gasteiger charge is -2.08.